The Bertz CT molecular complexity index is 1450. The molecule has 196 valence electrons. The maximum atomic E-state index is 14.2. The molecule has 4 rings (SSSR count). The average Bonchev–Trinajstić information content (AvgIpc) is 3.12. The number of hydrogen-bond acceptors (Lipinski definition) is 6. The van der Waals surface area contributed by atoms with Gasteiger partial charge in [-0.2, -0.15) is 5.01 Å². The van der Waals surface area contributed by atoms with Crippen LogP contribution in [0.3, 0.4) is 0 Å². The first-order valence-corrected chi connectivity index (χ1v) is 13.8. The Hall–Kier alpha value is -2.63. The van der Waals surface area contributed by atoms with Crippen LogP contribution in [0, 0.1) is 5.82 Å². The molecule has 0 aromatic heterocycles. The lowest BCUT2D eigenvalue weighted by Gasteiger charge is -2.16. The van der Waals surface area contributed by atoms with E-state index in [1.54, 1.807) is 48.5 Å². The second-order valence-corrected chi connectivity index (χ2v) is 11.0. The molecule has 0 unspecified atom stereocenters. The second kappa shape index (κ2) is 12.5. The van der Waals surface area contributed by atoms with Crippen LogP contribution in [-0.4, -0.2) is 27.8 Å². The number of nitrogens with zero attached hydrogens (tertiary/aromatic N) is 1. The highest BCUT2D eigenvalue weighted by Gasteiger charge is 2.34. The lowest BCUT2D eigenvalue weighted by molar-refractivity contribution is -0.123. The van der Waals surface area contributed by atoms with Gasteiger partial charge in [-0.05, 0) is 83.1 Å². The standard InChI is InChI=1S/C26H18BrCl2FN2O4S2/c1-2-35-21-11-14(10-17(27)23(21)36-13-16-19(29)8-5-9-20(16)30)12-22-25(34)32(26(37)38-22)31-24(33)15-6-3-4-7-18(15)28/h3-12H,2,13H2,1H3,(H,31,33)/b22-12+. The van der Waals surface area contributed by atoms with Crippen molar-refractivity contribution < 1.29 is 23.5 Å². The van der Waals surface area contributed by atoms with Gasteiger partial charge in [0.05, 0.1) is 31.6 Å². The van der Waals surface area contributed by atoms with Gasteiger partial charge in [-0.25, -0.2) is 4.39 Å². The van der Waals surface area contributed by atoms with Gasteiger partial charge in [0.15, 0.2) is 15.8 Å². The van der Waals surface area contributed by atoms with Crippen LogP contribution >= 0.6 is 63.1 Å². The third-order valence-electron chi connectivity index (χ3n) is 5.18. The minimum Gasteiger partial charge on any atom is -0.490 e. The topological polar surface area (TPSA) is 67.9 Å². The molecular formula is C26H18BrCl2FN2O4S2. The summed E-state index contributed by atoms with van der Waals surface area (Å²) in [6, 6.07) is 14.3. The normalized spacial score (nSPS) is 14.2. The predicted molar refractivity (Wildman–Crippen MR) is 155 cm³/mol. The highest BCUT2D eigenvalue weighted by atomic mass is 79.9. The number of benzene rings is 3. The fourth-order valence-electron chi connectivity index (χ4n) is 3.41. The highest BCUT2D eigenvalue weighted by Crippen LogP contribution is 2.40. The Balaban J connectivity index is 1.56. The number of ether oxygens (including phenoxy) is 2. The van der Waals surface area contributed by atoms with Crippen molar-refractivity contribution in [2.75, 3.05) is 6.61 Å². The van der Waals surface area contributed by atoms with Crippen LogP contribution in [0.2, 0.25) is 10.0 Å². The van der Waals surface area contributed by atoms with E-state index in [1.807, 2.05) is 6.92 Å². The van der Waals surface area contributed by atoms with Crippen molar-refractivity contribution in [1.29, 1.82) is 0 Å². The molecule has 38 heavy (non-hydrogen) atoms. The minimum atomic E-state index is -0.564. The van der Waals surface area contributed by atoms with Gasteiger partial charge in [-0.15, -0.1) is 0 Å². The smallest absolute Gasteiger partial charge is 0.285 e. The molecule has 0 spiro atoms. The van der Waals surface area contributed by atoms with Gasteiger partial charge in [0, 0.05) is 5.56 Å². The first-order chi connectivity index (χ1) is 18.2. The van der Waals surface area contributed by atoms with E-state index in [9.17, 15) is 14.0 Å². The van der Waals surface area contributed by atoms with Gasteiger partial charge in [0.2, 0.25) is 0 Å². The van der Waals surface area contributed by atoms with Gasteiger partial charge < -0.3 is 9.47 Å². The molecule has 3 aromatic carbocycles. The molecule has 1 heterocycles. The number of rotatable bonds is 8. The number of halogens is 4. The maximum Gasteiger partial charge on any atom is 0.285 e. The Morgan fingerprint density at radius 3 is 2.61 bits per heavy atom. The molecule has 3 aromatic rings. The van der Waals surface area contributed by atoms with Gasteiger partial charge in [-0.3, -0.25) is 15.0 Å². The third-order valence-corrected chi connectivity index (χ3v) is 7.75. The Labute approximate surface area is 246 Å². The quantitative estimate of drug-likeness (QED) is 0.201. The fourth-order valence-corrected chi connectivity index (χ4v) is 5.60. The van der Waals surface area contributed by atoms with Crippen molar-refractivity contribution in [2.24, 2.45) is 0 Å². The zero-order chi connectivity index (χ0) is 27.4. The molecule has 12 heteroatoms. The summed E-state index contributed by atoms with van der Waals surface area (Å²) in [4.78, 5) is 26.0. The van der Waals surface area contributed by atoms with Crippen LogP contribution < -0.4 is 14.9 Å². The molecule has 1 fully saturated rings. The number of carbonyl (C=O) groups excluding carboxylic acids is 2. The molecule has 0 aliphatic carbocycles. The summed E-state index contributed by atoms with van der Waals surface area (Å²) in [5, 5.41) is 1.50. The van der Waals surface area contributed by atoms with Crippen molar-refractivity contribution in [2.45, 2.75) is 13.5 Å². The van der Waals surface area contributed by atoms with E-state index < -0.39 is 17.6 Å². The third kappa shape index (κ3) is 6.32. The summed E-state index contributed by atoms with van der Waals surface area (Å²) < 4.78 is 26.5. The van der Waals surface area contributed by atoms with Gasteiger partial charge in [-0.1, -0.05) is 53.2 Å². The van der Waals surface area contributed by atoms with Crippen molar-refractivity contribution in [3.8, 4) is 11.5 Å². The molecule has 0 atom stereocenters. The largest absolute Gasteiger partial charge is 0.490 e. The van der Waals surface area contributed by atoms with Crippen LogP contribution in [0.1, 0.15) is 28.4 Å². The zero-order valence-corrected chi connectivity index (χ0v) is 24.3. The number of thiocarbonyl (C=S) groups is 1. The van der Waals surface area contributed by atoms with Crippen LogP contribution in [0.4, 0.5) is 4.39 Å². The maximum absolute atomic E-state index is 14.2. The summed E-state index contributed by atoms with van der Waals surface area (Å²) in [6.45, 7) is 2.03. The molecule has 1 N–H and O–H groups in total. The molecule has 1 aliphatic heterocycles. The van der Waals surface area contributed by atoms with Gasteiger partial charge in [0.25, 0.3) is 11.8 Å². The summed E-state index contributed by atoms with van der Waals surface area (Å²) in [7, 11) is 0. The van der Waals surface area contributed by atoms with E-state index in [0.717, 1.165) is 16.8 Å². The van der Waals surface area contributed by atoms with E-state index in [2.05, 4.69) is 21.4 Å². The second-order valence-electron chi connectivity index (χ2n) is 7.69. The SMILES string of the molecule is CCOc1cc(/C=C2/SC(=S)N(NC(=O)c3ccccc3Cl)C2=O)cc(Br)c1OCc1c(F)cccc1Cl. The number of hydrogen-bond donors (Lipinski definition) is 1. The minimum absolute atomic E-state index is 0.118. The zero-order valence-electron chi connectivity index (χ0n) is 19.6. The van der Waals surface area contributed by atoms with Crippen molar-refractivity contribution in [1.82, 2.24) is 10.4 Å². The monoisotopic (exact) mass is 654 g/mol. The van der Waals surface area contributed by atoms with Crippen molar-refractivity contribution in [3.05, 3.63) is 96.5 Å². The Morgan fingerprint density at radius 2 is 1.89 bits per heavy atom. The average molecular weight is 656 g/mol. The lowest BCUT2D eigenvalue weighted by atomic mass is 10.1. The van der Waals surface area contributed by atoms with Crippen molar-refractivity contribution in [3.63, 3.8) is 0 Å². The van der Waals surface area contributed by atoms with E-state index in [-0.39, 0.29) is 37.0 Å². The summed E-state index contributed by atoms with van der Waals surface area (Å²) in [6.07, 6.45) is 1.62. The molecule has 0 bridgehead atoms. The molecule has 1 aliphatic rings. The van der Waals surface area contributed by atoms with Crippen LogP contribution in [0.15, 0.2) is 64.0 Å². The molecule has 2 amide bonds. The van der Waals surface area contributed by atoms with Crippen LogP contribution in [0.5, 0.6) is 11.5 Å². The molecular weight excluding hydrogens is 638 g/mol. The fraction of sp³-hybridized carbons (Fsp3) is 0.115. The molecule has 0 radical (unpaired) electrons. The number of nitrogens with one attached hydrogen (secondary N) is 1. The van der Waals surface area contributed by atoms with E-state index >= 15 is 0 Å². The van der Waals surface area contributed by atoms with Gasteiger partial charge in [0.1, 0.15) is 12.4 Å². The Morgan fingerprint density at radius 1 is 1.16 bits per heavy atom. The number of thioether (sulfide) groups is 1. The van der Waals surface area contributed by atoms with Crippen LogP contribution in [0.25, 0.3) is 6.08 Å². The summed E-state index contributed by atoms with van der Waals surface area (Å²) in [5.41, 5.74) is 3.54. The first-order valence-electron chi connectivity index (χ1n) is 11.0. The number of amides is 2. The van der Waals surface area contributed by atoms with Crippen LogP contribution in [-0.2, 0) is 11.4 Å². The molecule has 1 saturated heterocycles. The molecule has 0 saturated carbocycles. The Kier molecular flexibility index (Phi) is 9.32. The molecule has 6 nitrogen and oxygen atoms in total. The van der Waals surface area contributed by atoms with Crippen molar-refractivity contribution >= 4 is 85.3 Å². The summed E-state index contributed by atoms with van der Waals surface area (Å²) >= 11 is 22.0. The first kappa shape index (κ1) is 28.4. The van der Waals surface area contributed by atoms with Gasteiger partial charge >= 0.3 is 0 Å². The lowest BCUT2D eigenvalue weighted by Crippen LogP contribution is -2.44. The summed E-state index contributed by atoms with van der Waals surface area (Å²) in [5.74, 6) is -0.812. The number of hydrazine groups is 1. The number of carbonyl (C=O) groups is 2. The van der Waals surface area contributed by atoms with E-state index in [1.165, 1.54) is 12.1 Å². The predicted octanol–water partition coefficient (Wildman–Crippen LogP) is 7.42. The highest BCUT2D eigenvalue weighted by molar-refractivity contribution is 9.10. The van der Waals surface area contributed by atoms with E-state index in [0.29, 0.717) is 28.1 Å². The van der Waals surface area contributed by atoms with E-state index in [4.69, 9.17) is 44.9 Å².